The van der Waals surface area contributed by atoms with Crippen LogP contribution in [0, 0.1) is 0 Å². The molecule has 0 saturated heterocycles. The average Bonchev–Trinajstić information content (AvgIpc) is 3.22. The molecule has 9 nitrogen and oxygen atoms in total. The molecule has 5 aromatic rings. The highest BCUT2D eigenvalue weighted by Crippen LogP contribution is 2.30. The molecule has 212 valence electrons. The number of sulfone groups is 1. The van der Waals surface area contributed by atoms with E-state index >= 15 is 0 Å². The SMILES string of the molecule is CN(c1ccc2c(c1)nc(Nc1ccc(C(C)(C)C)cc1)n2C)c1ccnc(Nc2ccc(CS(C)(=O)=O)cc2)n1. The Balaban J connectivity index is 1.32. The normalized spacial score (nSPS) is 12.0. The molecule has 0 atom stereocenters. The number of imidazole rings is 1. The van der Waals surface area contributed by atoms with Crippen molar-refractivity contribution in [1.82, 2.24) is 19.5 Å². The maximum atomic E-state index is 11.5. The van der Waals surface area contributed by atoms with E-state index in [9.17, 15) is 8.42 Å². The molecule has 2 N–H and O–H groups in total. The van der Waals surface area contributed by atoms with Gasteiger partial charge in [-0.1, -0.05) is 45.0 Å². The first-order valence-electron chi connectivity index (χ1n) is 13.3. The summed E-state index contributed by atoms with van der Waals surface area (Å²) in [6.07, 6.45) is 2.93. The van der Waals surface area contributed by atoms with Crippen LogP contribution >= 0.6 is 0 Å². The highest BCUT2D eigenvalue weighted by Gasteiger charge is 2.15. The van der Waals surface area contributed by atoms with Gasteiger partial charge in [0.15, 0.2) is 9.84 Å². The van der Waals surface area contributed by atoms with E-state index in [2.05, 4.69) is 71.7 Å². The lowest BCUT2D eigenvalue weighted by Gasteiger charge is -2.19. The minimum Gasteiger partial charge on any atom is -0.329 e. The minimum atomic E-state index is -3.09. The lowest BCUT2D eigenvalue weighted by atomic mass is 9.87. The van der Waals surface area contributed by atoms with Crippen LogP contribution in [0.3, 0.4) is 0 Å². The Bertz CT molecular complexity index is 1790. The van der Waals surface area contributed by atoms with Crippen molar-refractivity contribution in [2.75, 3.05) is 28.8 Å². The number of fused-ring (bicyclic) bond motifs is 1. The molecule has 3 aromatic carbocycles. The summed E-state index contributed by atoms with van der Waals surface area (Å²) in [5.41, 5.74) is 6.69. The number of nitrogens with zero attached hydrogens (tertiary/aromatic N) is 5. The van der Waals surface area contributed by atoms with E-state index in [4.69, 9.17) is 4.98 Å². The Morgan fingerprint density at radius 2 is 1.54 bits per heavy atom. The second-order valence-electron chi connectivity index (χ2n) is 11.3. The number of hydrogen-bond acceptors (Lipinski definition) is 8. The van der Waals surface area contributed by atoms with E-state index in [1.54, 1.807) is 18.3 Å². The Labute approximate surface area is 241 Å². The summed E-state index contributed by atoms with van der Waals surface area (Å²) in [5, 5.41) is 6.64. The highest BCUT2D eigenvalue weighted by atomic mass is 32.2. The van der Waals surface area contributed by atoms with Gasteiger partial charge in [-0.05, 0) is 65.1 Å². The molecule has 41 heavy (non-hydrogen) atoms. The van der Waals surface area contributed by atoms with Crippen molar-refractivity contribution in [2.45, 2.75) is 31.9 Å². The summed E-state index contributed by atoms with van der Waals surface area (Å²) in [4.78, 5) is 15.9. The van der Waals surface area contributed by atoms with Crippen LogP contribution in [0.4, 0.5) is 34.8 Å². The van der Waals surface area contributed by atoms with Gasteiger partial charge >= 0.3 is 0 Å². The number of hydrogen-bond donors (Lipinski definition) is 2. The van der Waals surface area contributed by atoms with Crippen LogP contribution in [0.2, 0.25) is 0 Å². The Morgan fingerprint density at radius 1 is 0.878 bits per heavy atom. The lowest BCUT2D eigenvalue weighted by molar-refractivity contribution is 0.590. The monoisotopic (exact) mass is 569 g/mol. The van der Waals surface area contributed by atoms with E-state index in [-0.39, 0.29) is 11.2 Å². The zero-order valence-corrected chi connectivity index (χ0v) is 25.0. The third kappa shape index (κ3) is 6.66. The molecule has 0 spiro atoms. The molecule has 0 unspecified atom stereocenters. The van der Waals surface area contributed by atoms with Gasteiger partial charge in [0, 0.05) is 43.6 Å². The Hall–Kier alpha value is -4.44. The number of nitrogens with one attached hydrogen (secondary N) is 2. The van der Waals surface area contributed by atoms with Gasteiger partial charge in [-0.3, -0.25) is 0 Å². The molecule has 2 heterocycles. The smallest absolute Gasteiger partial charge is 0.229 e. The van der Waals surface area contributed by atoms with Gasteiger partial charge in [-0.25, -0.2) is 18.4 Å². The summed E-state index contributed by atoms with van der Waals surface area (Å²) in [6, 6.07) is 23.7. The zero-order chi connectivity index (χ0) is 29.4. The molecule has 0 saturated carbocycles. The van der Waals surface area contributed by atoms with Crippen LogP contribution in [0.1, 0.15) is 31.9 Å². The average molecular weight is 570 g/mol. The van der Waals surface area contributed by atoms with Crippen molar-refractivity contribution < 1.29 is 8.42 Å². The molecule has 0 radical (unpaired) electrons. The van der Waals surface area contributed by atoms with E-state index in [0.717, 1.165) is 39.6 Å². The fourth-order valence-corrected chi connectivity index (χ4v) is 5.33. The number of benzene rings is 3. The van der Waals surface area contributed by atoms with Crippen LogP contribution in [0.15, 0.2) is 79.0 Å². The number of anilines is 6. The quantitative estimate of drug-likeness (QED) is 0.219. The molecule has 0 aliphatic heterocycles. The van der Waals surface area contributed by atoms with Crippen LogP contribution in [0.25, 0.3) is 11.0 Å². The summed E-state index contributed by atoms with van der Waals surface area (Å²) >= 11 is 0. The largest absolute Gasteiger partial charge is 0.329 e. The van der Waals surface area contributed by atoms with Crippen molar-refractivity contribution in [1.29, 1.82) is 0 Å². The van der Waals surface area contributed by atoms with Crippen molar-refractivity contribution in [3.05, 3.63) is 90.1 Å². The van der Waals surface area contributed by atoms with Gasteiger partial charge < -0.3 is 20.1 Å². The molecular weight excluding hydrogens is 534 g/mol. The second-order valence-corrected chi connectivity index (χ2v) is 13.4. The van der Waals surface area contributed by atoms with Gasteiger partial charge in [-0.15, -0.1) is 0 Å². The van der Waals surface area contributed by atoms with Crippen molar-refractivity contribution >= 4 is 55.6 Å². The highest BCUT2D eigenvalue weighted by molar-refractivity contribution is 7.89. The Kier molecular flexibility index (Phi) is 7.44. The molecule has 0 aliphatic carbocycles. The molecular formula is C31H35N7O2S. The van der Waals surface area contributed by atoms with Gasteiger partial charge in [0.1, 0.15) is 5.82 Å². The number of aromatic nitrogens is 4. The van der Waals surface area contributed by atoms with Crippen LogP contribution in [0.5, 0.6) is 0 Å². The van der Waals surface area contributed by atoms with E-state index in [0.29, 0.717) is 11.8 Å². The second kappa shape index (κ2) is 10.9. The van der Waals surface area contributed by atoms with E-state index in [1.165, 1.54) is 11.8 Å². The third-order valence-electron chi connectivity index (χ3n) is 6.88. The van der Waals surface area contributed by atoms with Gasteiger partial charge in [0.25, 0.3) is 0 Å². The predicted octanol–water partition coefficient (Wildman–Crippen LogP) is 6.46. The van der Waals surface area contributed by atoms with Gasteiger partial charge in [0.2, 0.25) is 11.9 Å². The fraction of sp³-hybridized carbons (Fsp3) is 0.258. The molecule has 0 aliphatic rings. The standard InChI is InChI=1S/C31H35N7O2S/c1-31(2,3)22-9-13-24(14-10-22)34-30-35-26-19-25(15-16-27(26)38(30)5)37(4)28-17-18-32-29(36-28)33-23-11-7-21(8-12-23)20-41(6,39)40/h7-19H,20H2,1-6H3,(H,34,35)(H,32,33,36). The van der Waals surface area contributed by atoms with E-state index in [1.807, 2.05) is 53.9 Å². The van der Waals surface area contributed by atoms with Crippen molar-refractivity contribution in [3.63, 3.8) is 0 Å². The first-order chi connectivity index (χ1) is 19.4. The van der Waals surface area contributed by atoms with Crippen molar-refractivity contribution in [3.8, 4) is 0 Å². The first kappa shape index (κ1) is 28.1. The van der Waals surface area contributed by atoms with Gasteiger partial charge in [-0.2, -0.15) is 4.98 Å². The topological polar surface area (TPSA) is 105 Å². The maximum Gasteiger partial charge on any atom is 0.229 e. The first-order valence-corrected chi connectivity index (χ1v) is 15.4. The summed E-state index contributed by atoms with van der Waals surface area (Å²) in [5.74, 6) is 1.92. The van der Waals surface area contributed by atoms with Crippen LogP contribution in [-0.2, 0) is 28.1 Å². The third-order valence-corrected chi connectivity index (χ3v) is 7.74. The Morgan fingerprint density at radius 3 is 2.20 bits per heavy atom. The number of aryl methyl sites for hydroxylation is 1. The van der Waals surface area contributed by atoms with E-state index < -0.39 is 9.84 Å². The molecule has 2 aromatic heterocycles. The van der Waals surface area contributed by atoms with Crippen LogP contribution < -0.4 is 15.5 Å². The lowest BCUT2D eigenvalue weighted by Crippen LogP contribution is -2.12. The molecule has 0 bridgehead atoms. The maximum absolute atomic E-state index is 11.5. The fourth-order valence-electron chi connectivity index (χ4n) is 4.54. The summed E-state index contributed by atoms with van der Waals surface area (Å²) in [6.45, 7) is 6.62. The molecule has 10 heteroatoms. The predicted molar refractivity (Wildman–Crippen MR) is 168 cm³/mol. The molecule has 5 rings (SSSR count). The minimum absolute atomic E-state index is 0.00672. The zero-order valence-electron chi connectivity index (χ0n) is 24.2. The summed E-state index contributed by atoms with van der Waals surface area (Å²) < 4.78 is 25.1. The summed E-state index contributed by atoms with van der Waals surface area (Å²) in [7, 11) is 0.865. The molecule has 0 amide bonds. The van der Waals surface area contributed by atoms with Gasteiger partial charge in [0.05, 0.1) is 16.8 Å². The molecule has 0 fully saturated rings. The van der Waals surface area contributed by atoms with Crippen molar-refractivity contribution in [2.24, 2.45) is 7.05 Å². The number of rotatable bonds is 8. The van der Waals surface area contributed by atoms with Crippen LogP contribution in [-0.4, -0.2) is 41.2 Å².